The SMILES string of the molecule is Cc1nc(/C=C/C(=O)N2CSCC2C(=O)N(C)C(C)C)cs1. The van der Waals surface area contributed by atoms with Crippen molar-refractivity contribution in [2.75, 3.05) is 18.7 Å². The summed E-state index contributed by atoms with van der Waals surface area (Å²) >= 11 is 3.16. The summed E-state index contributed by atoms with van der Waals surface area (Å²) in [5.41, 5.74) is 0.782. The number of aryl methyl sites for hydroxylation is 1. The first-order chi connectivity index (χ1) is 10.4. The second kappa shape index (κ2) is 7.28. The number of aromatic nitrogens is 1. The Labute approximate surface area is 139 Å². The molecule has 0 bridgehead atoms. The van der Waals surface area contributed by atoms with E-state index in [9.17, 15) is 9.59 Å². The number of thioether (sulfide) groups is 1. The monoisotopic (exact) mass is 339 g/mol. The van der Waals surface area contributed by atoms with Crippen LogP contribution < -0.4 is 0 Å². The van der Waals surface area contributed by atoms with E-state index < -0.39 is 0 Å². The van der Waals surface area contributed by atoms with Crippen LogP contribution in [0.2, 0.25) is 0 Å². The molecule has 1 atom stereocenters. The fourth-order valence-corrected chi connectivity index (χ4v) is 3.80. The van der Waals surface area contributed by atoms with Gasteiger partial charge in [0.1, 0.15) is 6.04 Å². The van der Waals surface area contributed by atoms with Gasteiger partial charge in [0.2, 0.25) is 11.8 Å². The second-order valence-electron chi connectivity index (χ2n) is 5.49. The van der Waals surface area contributed by atoms with Crippen molar-refractivity contribution in [3.8, 4) is 0 Å². The van der Waals surface area contributed by atoms with Crippen LogP contribution in [0, 0.1) is 6.92 Å². The number of hydrogen-bond donors (Lipinski definition) is 0. The van der Waals surface area contributed by atoms with Crippen LogP contribution in [0.3, 0.4) is 0 Å². The number of hydrogen-bond acceptors (Lipinski definition) is 5. The van der Waals surface area contributed by atoms with Crippen molar-refractivity contribution in [2.45, 2.75) is 32.9 Å². The van der Waals surface area contributed by atoms with Gasteiger partial charge in [-0.1, -0.05) is 0 Å². The van der Waals surface area contributed by atoms with Crippen molar-refractivity contribution in [2.24, 2.45) is 0 Å². The van der Waals surface area contributed by atoms with Crippen molar-refractivity contribution in [1.82, 2.24) is 14.8 Å². The fourth-order valence-electron chi connectivity index (χ4n) is 2.06. The Hall–Kier alpha value is -1.34. The van der Waals surface area contributed by atoms with E-state index in [4.69, 9.17) is 0 Å². The standard InChI is InChI=1S/C15H21N3O2S2/c1-10(2)17(4)15(20)13-8-21-9-18(13)14(19)6-5-12-7-22-11(3)16-12/h5-7,10,13H,8-9H2,1-4H3/b6-5+. The van der Waals surface area contributed by atoms with Crippen molar-refractivity contribution in [3.63, 3.8) is 0 Å². The van der Waals surface area contributed by atoms with Crippen molar-refractivity contribution >= 4 is 41.0 Å². The maximum Gasteiger partial charge on any atom is 0.248 e. The average Bonchev–Trinajstić information content (AvgIpc) is 3.11. The molecule has 0 aliphatic carbocycles. The molecule has 120 valence electrons. The van der Waals surface area contributed by atoms with Crippen LogP contribution in [0.5, 0.6) is 0 Å². The van der Waals surface area contributed by atoms with Crippen molar-refractivity contribution < 1.29 is 9.59 Å². The van der Waals surface area contributed by atoms with Crippen molar-refractivity contribution in [1.29, 1.82) is 0 Å². The Morgan fingerprint density at radius 3 is 2.82 bits per heavy atom. The maximum atomic E-state index is 12.5. The Morgan fingerprint density at radius 2 is 2.23 bits per heavy atom. The molecular formula is C15H21N3O2S2. The molecule has 5 nitrogen and oxygen atoms in total. The highest BCUT2D eigenvalue weighted by atomic mass is 32.2. The minimum atomic E-state index is -0.369. The van der Waals surface area contributed by atoms with Gasteiger partial charge in [-0.15, -0.1) is 23.1 Å². The summed E-state index contributed by atoms with van der Waals surface area (Å²) in [6, 6.07) is -0.240. The normalized spacial score (nSPS) is 18.4. The molecule has 2 rings (SSSR count). The van der Waals surface area contributed by atoms with Gasteiger partial charge in [-0.25, -0.2) is 4.98 Å². The van der Waals surface area contributed by atoms with Gasteiger partial charge in [0.15, 0.2) is 0 Å². The van der Waals surface area contributed by atoms with Crippen LogP contribution >= 0.6 is 23.1 Å². The number of amides is 2. The van der Waals surface area contributed by atoms with E-state index >= 15 is 0 Å². The molecule has 1 unspecified atom stereocenters. The lowest BCUT2D eigenvalue weighted by Gasteiger charge is -2.29. The van der Waals surface area contributed by atoms with Crippen LogP contribution in [0.4, 0.5) is 0 Å². The van der Waals surface area contributed by atoms with Gasteiger partial charge in [0.25, 0.3) is 0 Å². The van der Waals surface area contributed by atoms with Gasteiger partial charge >= 0.3 is 0 Å². The van der Waals surface area contributed by atoms with Crippen LogP contribution in [0.15, 0.2) is 11.5 Å². The van der Waals surface area contributed by atoms with E-state index in [0.717, 1.165) is 10.7 Å². The van der Waals surface area contributed by atoms with E-state index in [1.165, 1.54) is 6.08 Å². The summed E-state index contributed by atoms with van der Waals surface area (Å²) in [5.74, 6) is 1.09. The lowest BCUT2D eigenvalue weighted by molar-refractivity contribution is -0.141. The Morgan fingerprint density at radius 1 is 1.50 bits per heavy atom. The van der Waals surface area contributed by atoms with Gasteiger partial charge in [-0.05, 0) is 26.8 Å². The van der Waals surface area contributed by atoms with Crippen LogP contribution in [-0.4, -0.2) is 57.4 Å². The number of nitrogens with zero attached hydrogens (tertiary/aromatic N) is 3. The molecule has 7 heteroatoms. The highest BCUT2D eigenvalue weighted by molar-refractivity contribution is 7.99. The first-order valence-electron chi connectivity index (χ1n) is 7.15. The van der Waals surface area contributed by atoms with E-state index in [2.05, 4.69) is 4.98 Å². The summed E-state index contributed by atoms with van der Waals surface area (Å²) in [5, 5.41) is 2.88. The van der Waals surface area contributed by atoms with Gasteiger partial charge in [-0.3, -0.25) is 9.59 Å². The Balaban J connectivity index is 2.05. The molecule has 1 saturated heterocycles. The molecule has 0 aromatic carbocycles. The third-order valence-corrected chi connectivity index (χ3v) is 5.41. The molecular weight excluding hydrogens is 318 g/mol. The smallest absolute Gasteiger partial charge is 0.248 e. The Bertz CT molecular complexity index is 583. The molecule has 1 aliphatic rings. The zero-order valence-corrected chi connectivity index (χ0v) is 14.9. The first-order valence-corrected chi connectivity index (χ1v) is 9.19. The van der Waals surface area contributed by atoms with Gasteiger partial charge in [0, 0.05) is 30.3 Å². The lowest BCUT2D eigenvalue weighted by Crippen LogP contribution is -2.49. The minimum absolute atomic E-state index is 0.00579. The summed E-state index contributed by atoms with van der Waals surface area (Å²) in [6.45, 7) is 5.87. The molecule has 1 aromatic heterocycles. The number of rotatable bonds is 4. The summed E-state index contributed by atoms with van der Waals surface area (Å²) < 4.78 is 0. The molecule has 0 radical (unpaired) electrons. The fraction of sp³-hybridized carbons (Fsp3) is 0.533. The lowest BCUT2D eigenvalue weighted by atomic mass is 10.2. The van der Waals surface area contributed by atoms with E-state index in [1.54, 1.807) is 46.0 Å². The van der Waals surface area contributed by atoms with Crippen molar-refractivity contribution in [3.05, 3.63) is 22.2 Å². The molecule has 0 N–H and O–H groups in total. The largest absolute Gasteiger partial charge is 0.342 e. The summed E-state index contributed by atoms with van der Waals surface area (Å²) in [4.78, 5) is 32.5. The topological polar surface area (TPSA) is 53.5 Å². The number of likely N-dealkylation sites (N-methyl/N-ethyl adjacent to an activating group) is 1. The highest BCUT2D eigenvalue weighted by Gasteiger charge is 2.35. The molecule has 0 saturated carbocycles. The van der Waals surface area contributed by atoms with Crippen LogP contribution in [-0.2, 0) is 9.59 Å². The second-order valence-corrected chi connectivity index (χ2v) is 7.55. The molecule has 1 aromatic rings. The summed E-state index contributed by atoms with van der Waals surface area (Å²) in [7, 11) is 1.78. The average molecular weight is 339 g/mol. The molecule has 1 aliphatic heterocycles. The maximum absolute atomic E-state index is 12.5. The number of carbonyl (C=O) groups excluding carboxylic acids is 2. The highest BCUT2D eigenvalue weighted by Crippen LogP contribution is 2.23. The van der Waals surface area contributed by atoms with E-state index in [-0.39, 0.29) is 23.9 Å². The van der Waals surface area contributed by atoms with E-state index in [0.29, 0.717) is 11.6 Å². The van der Waals surface area contributed by atoms with Gasteiger partial charge < -0.3 is 9.80 Å². The predicted octanol–water partition coefficient (Wildman–Crippen LogP) is 2.23. The quantitative estimate of drug-likeness (QED) is 0.790. The Kier molecular flexibility index (Phi) is 5.63. The zero-order chi connectivity index (χ0) is 16.3. The van der Waals surface area contributed by atoms with Crippen LogP contribution in [0.1, 0.15) is 24.5 Å². The predicted molar refractivity (Wildman–Crippen MR) is 91.8 cm³/mol. The first kappa shape index (κ1) is 17.0. The molecule has 2 amide bonds. The molecule has 0 spiro atoms. The van der Waals surface area contributed by atoms with Crippen LogP contribution in [0.25, 0.3) is 6.08 Å². The number of carbonyl (C=O) groups is 2. The minimum Gasteiger partial charge on any atom is -0.342 e. The van der Waals surface area contributed by atoms with Gasteiger partial charge in [0.05, 0.1) is 16.6 Å². The zero-order valence-electron chi connectivity index (χ0n) is 13.3. The molecule has 22 heavy (non-hydrogen) atoms. The van der Waals surface area contributed by atoms with Gasteiger partial charge in [-0.2, -0.15) is 0 Å². The third-order valence-electron chi connectivity index (χ3n) is 3.61. The number of thiazole rings is 1. The molecule has 2 heterocycles. The third kappa shape index (κ3) is 3.89. The molecule has 1 fully saturated rings. The van der Waals surface area contributed by atoms with E-state index in [1.807, 2.05) is 26.2 Å². The summed E-state index contributed by atoms with van der Waals surface area (Å²) in [6.07, 6.45) is 3.22.